The summed E-state index contributed by atoms with van der Waals surface area (Å²) in [6.45, 7) is 0. The molecule has 0 bridgehead atoms. The predicted molar refractivity (Wildman–Crippen MR) is 102 cm³/mol. The lowest BCUT2D eigenvalue weighted by Crippen LogP contribution is -2.44. The first-order chi connectivity index (χ1) is 13.5. The molecule has 0 saturated heterocycles. The van der Waals surface area contributed by atoms with E-state index < -0.39 is 21.6 Å². The number of fused-ring (bicyclic) bond motifs is 1. The van der Waals surface area contributed by atoms with Crippen LogP contribution in [0, 0.1) is 0 Å². The molecule has 28 heavy (non-hydrogen) atoms. The van der Waals surface area contributed by atoms with Crippen LogP contribution in [0.15, 0.2) is 95.8 Å². The van der Waals surface area contributed by atoms with Crippen molar-refractivity contribution in [2.45, 2.75) is 4.90 Å². The van der Waals surface area contributed by atoms with Gasteiger partial charge in [-0.25, -0.2) is 8.42 Å². The second-order valence-electron chi connectivity index (χ2n) is 6.13. The highest BCUT2D eigenvalue weighted by Crippen LogP contribution is 2.26. The summed E-state index contributed by atoms with van der Waals surface area (Å²) in [5.41, 5.74) is 0.0904. The molecule has 1 aromatic heterocycles. The predicted octanol–water partition coefficient (Wildman–Crippen LogP) is 2.20. The van der Waals surface area contributed by atoms with Gasteiger partial charge in [0.2, 0.25) is 5.78 Å². The molecule has 0 amide bonds. The van der Waals surface area contributed by atoms with Crippen molar-refractivity contribution in [2.24, 2.45) is 0 Å². The van der Waals surface area contributed by atoms with Crippen molar-refractivity contribution in [3.8, 4) is 0 Å². The van der Waals surface area contributed by atoms with E-state index in [1.807, 2.05) is 0 Å². The Bertz CT molecular complexity index is 1220. The third-order valence-electron chi connectivity index (χ3n) is 4.36. The molecule has 0 radical (unpaired) electrons. The van der Waals surface area contributed by atoms with Crippen molar-refractivity contribution in [2.75, 3.05) is 0 Å². The maximum Gasteiger partial charge on any atom is 0.287 e. The maximum atomic E-state index is 13.1. The highest BCUT2D eigenvalue weighted by Gasteiger charge is 2.40. The smallest absolute Gasteiger partial charge is 0.287 e. The van der Waals surface area contributed by atoms with Gasteiger partial charge in [-0.1, -0.05) is 48.5 Å². The van der Waals surface area contributed by atoms with Crippen LogP contribution in [0.2, 0.25) is 0 Å². The first kappa shape index (κ1) is 17.8. The molecule has 0 unspecified atom stereocenters. The molecule has 1 N–H and O–H groups in total. The summed E-state index contributed by atoms with van der Waals surface area (Å²) < 4.78 is 29.4. The van der Waals surface area contributed by atoms with Gasteiger partial charge >= 0.3 is 0 Å². The Morgan fingerprint density at radius 3 is 1.86 bits per heavy atom. The topological polar surface area (TPSA) is 84.2 Å². The number of hydrogen-bond donors (Lipinski definition) is 1. The van der Waals surface area contributed by atoms with Gasteiger partial charge in [0.1, 0.15) is 0 Å². The molecule has 138 valence electrons. The number of Topliss-reactive ketones (excluding diaryl/α,β-unsaturated/α-hetero) is 2. The number of carbonyl (C=O) groups is 2. The van der Waals surface area contributed by atoms with Crippen LogP contribution in [0.4, 0.5) is 0 Å². The molecule has 1 aliphatic carbocycles. The van der Waals surface area contributed by atoms with Gasteiger partial charge in [0.05, 0.1) is 4.90 Å². The zero-order chi connectivity index (χ0) is 19.7. The van der Waals surface area contributed by atoms with Crippen molar-refractivity contribution in [1.29, 1.82) is 0 Å². The number of hydrogen-bond acceptors (Lipinski definition) is 4. The minimum atomic E-state index is -4.05. The Hall–Kier alpha value is -3.58. The minimum Gasteiger partial charge on any atom is -0.287 e. The lowest BCUT2D eigenvalue weighted by Gasteiger charge is -2.18. The number of carbonyl (C=O) groups excluding carboxylic acids is 2. The van der Waals surface area contributed by atoms with Gasteiger partial charge < -0.3 is 0 Å². The van der Waals surface area contributed by atoms with Crippen LogP contribution >= 0.6 is 0 Å². The fourth-order valence-electron chi connectivity index (χ4n) is 3.04. The lowest BCUT2D eigenvalue weighted by atomic mass is 9.90. The van der Waals surface area contributed by atoms with E-state index in [-0.39, 0.29) is 27.4 Å². The number of rotatable bonds is 4. The number of pyridine rings is 1. The molecule has 6 nitrogen and oxygen atoms in total. The van der Waals surface area contributed by atoms with Gasteiger partial charge in [-0.15, -0.1) is 0 Å². The zero-order valence-electron chi connectivity index (χ0n) is 14.6. The molecule has 0 saturated carbocycles. The standard InChI is InChI=1S/C21H14N2O4S/c24-20-16-11-5-6-12-17(16)21(25)19(23-13-7-2-8-14-23)18(20)22-28(26,27)15-9-3-1-4-10-15/h1-14H/p+1. The molecule has 2 aromatic carbocycles. The van der Waals surface area contributed by atoms with E-state index in [0.717, 1.165) is 0 Å². The minimum absolute atomic E-state index is 0.000908. The van der Waals surface area contributed by atoms with E-state index in [2.05, 4.69) is 4.72 Å². The largest absolute Gasteiger partial charge is 0.287 e. The first-order valence-corrected chi connectivity index (χ1v) is 9.94. The van der Waals surface area contributed by atoms with Crippen LogP contribution in [0.5, 0.6) is 0 Å². The second kappa shape index (κ2) is 6.86. The van der Waals surface area contributed by atoms with Gasteiger partial charge in [-0.2, -0.15) is 4.57 Å². The van der Waals surface area contributed by atoms with Crippen LogP contribution in [-0.4, -0.2) is 20.0 Å². The quantitative estimate of drug-likeness (QED) is 0.691. The van der Waals surface area contributed by atoms with E-state index in [0.29, 0.717) is 0 Å². The Morgan fingerprint density at radius 2 is 1.21 bits per heavy atom. The highest BCUT2D eigenvalue weighted by molar-refractivity contribution is 7.89. The second-order valence-corrected chi connectivity index (χ2v) is 7.81. The normalized spacial score (nSPS) is 14.0. The average Bonchev–Trinajstić information content (AvgIpc) is 2.73. The third-order valence-corrected chi connectivity index (χ3v) is 5.72. The van der Waals surface area contributed by atoms with Crippen molar-refractivity contribution in [1.82, 2.24) is 4.72 Å². The average molecular weight is 391 g/mol. The van der Waals surface area contributed by atoms with Crippen LogP contribution in [-0.2, 0) is 10.0 Å². The number of sulfonamides is 1. The summed E-state index contributed by atoms with van der Waals surface area (Å²) in [5.74, 6) is -0.988. The van der Waals surface area contributed by atoms with Gasteiger partial charge in [0.15, 0.2) is 18.1 Å². The number of aromatic nitrogens is 1. The monoisotopic (exact) mass is 391 g/mol. The van der Waals surface area contributed by atoms with Gasteiger partial charge in [0, 0.05) is 23.3 Å². The molecule has 3 aromatic rings. The molecule has 1 aliphatic rings. The van der Waals surface area contributed by atoms with Crippen LogP contribution in [0.3, 0.4) is 0 Å². The number of benzene rings is 2. The van der Waals surface area contributed by atoms with Crippen LogP contribution in [0.1, 0.15) is 20.7 Å². The van der Waals surface area contributed by atoms with Crippen molar-refractivity contribution >= 4 is 27.3 Å². The molecular weight excluding hydrogens is 376 g/mol. The third kappa shape index (κ3) is 3.01. The van der Waals surface area contributed by atoms with Crippen molar-refractivity contribution in [3.63, 3.8) is 0 Å². The van der Waals surface area contributed by atoms with Gasteiger partial charge in [-0.05, 0) is 12.1 Å². The summed E-state index contributed by atoms with van der Waals surface area (Å²) in [6, 6.07) is 19.2. The molecular formula is C21H15N2O4S+. The molecule has 0 spiro atoms. The fraction of sp³-hybridized carbons (Fsp3) is 0. The van der Waals surface area contributed by atoms with Gasteiger partial charge in [0.25, 0.3) is 21.5 Å². The summed E-state index contributed by atoms with van der Waals surface area (Å²) in [5, 5.41) is 0. The highest BCUT2D eigenvalue weighted by atomic mass is 32.2. The molecule has 7 heteroatoms. The summed E-state index contributed by atoms with van der Waals surface area (Å²) in [7, 11) is -4.05. The van der Waals surface area contributed by atoms with Crippen molar-refractivity contribution < 1.29 is 22.6 Å². The van der Waals surface area contributed by atoms with Crippen LogP contribution in [0.25, 0.3) is 5.70 Å². The first-order valence-electron chi connectivity index (χ1n) is 8.46. The van der Waals surface area contributed by atoms with E-state index >= 15 is 0 Å². The molecule has 0 fully saturated rings. The van der Waals surface area contributed by atoms with E-state index in [1.165, 1.54) is 22.8 Å². The maximum absolute atomic E-state index is 13.1. The van der Waals surface area contributed by atoms with Crippen molar-refractivity contribution in [3.05, 3.63) is 102 Å². The Morgan fingerprint density at radius 1 is 0.679 bits per heavy atom. The number of nitrogens with one attached hydrogen (secondary N) is 1. The summed E-state index contributed by atoms with van der Waals surface area (Å²) in [6.07, 6.45) is 3.18. The van der Waals surface area contributed by atoms with E-state index in [1.54, 1.807) is 67.0 Å². The number of nitrogens with zero attached hydrogens (tertiary/aromatic N) is 1. The zero-order valence-corrected chi connectivity index (χ0v) is 15.4. The summed E-state index contributed by atoms with van der Waals surface area (Å²) in [4.78, 5) is 26.2. The molecule has 1 heterocycles. The Labute approximate surface area is 161 Å². The Kier molecular flexibility index (Phi) is 4.37. The molecule has 4 rings (SSSR count). The fourth-order valence-corrected chi connectivity index (χ4v) is 4.14. The Balaban J connectivity index is 1.92. The SMILES string of the molecule is O=C1C(NS(=O)(=O)c2ccccc2)=C([n+]2ccccc2)C(=O)c2ccccc21. The number of ketones is 2. The summed E-state index contributed by atoms with van der Waals surface area (Å²) >= 11 is 0. The van der Waals surface area contributed by atoms with Crippen LogP contribution < -0.4 is 9.29 Å². The molecule has 0 atom stereocenters. The van der Waals surface area contributed by atoms with E-state index in [9.17, 15) is 18.0 Å². The molecule has 0 aliphatic heterocycles. The lowest BCUT2D eigenvalue weighted by molar-refractivity contribution is -0.577. The van der Waals surface area contributed by atoms with E-state index in [4.69, 9.17) is 0 Å². The van der Waals surface area contributed by atoms with Gasteiger partial charge in [-0.3, -0.25) is 14.3 Å². The number of allylic oxidation sites excluding steroid dienone is 2.